The van der Waals surface area contributed by atoms with Crippen LogP contribution in [0.1, 0.15) is 12.5 Å². The summed E-state index contributed by atoms with van der Waals surface area (Å²) in [5.41, 5.74) is 1.16. The van der Waals surface area contributed by atoms with E-state index in [1.807, 2.05) is 18.2 Å². The fraction of sp³-hybridized carbons (Fsp3) is 0.273. The molecule has 0 aromatic heterocycles. The second-order valence-electron chi connectivity index (χ2n) is 3.04. The summed E-state index contributed by atoms with van der Waals surface area (Å²) in [7, 11) is 0. The number of halogens is 1. The summed E-state index contributed by atoms with van der Waals surface area (Å²) < 4.78 is 12.5. The number of rotatable bonds is 3. The number of hydrogen-bond acceptors (Lipinski definition) is 0. The lowest BCUT2D eigenvalue weighted by atomic mass is 10.0. The van der Waals surface area contributed by atoms with E-state index in [2.05, 4.69) is 13.5 Å². The molecule has 0 aliphatic carbocycles. The van der Waals surface area contributed by atoms with E-state index in [1.165, 1.54) is 12.1 Å². The molecule has 12 heavy (non-hydrogen) atoms. The summed E-state index contributed by atoms with van der Waals surface area (Å²) in [5.74, 6) is 0.278. The standard InChI is InChI=1S/C11H13F/c1-3-9(2)8-10-4-6-11(12)7-5-10/h3-7,9H,1,8H2,2H3/t9-/m1/s1. The van der Waals surface area contributed by atoms with Gasteiger partial charge in [-0.2, -0.15) is 0 Å². The molecule has 0 amide bonds. The van der Waals surface area contributed by atoms with Gasteiger partial charge in [0, 0.05) is 0 Å². The molecule has 0 heterocycles. The normalized spacial score (nSPS) is 12.5. The van der Waals surface area contributed by atoms with Gasteiger partial charge in [0.05, 0.1) is 0 Å². The van der Waals surface area contributed by atoms with Crippen LogP contribution in [0.3, 0.4) is 0 Å². The molecular formula is C11H13F. The summed E-state index contributed by atoms with van der Waals surface area (Å²) >= 11 is 0. The maximum atomic E-state index is 12.5. The Morgan fingerprint density at radius 3 is 2.50 bits per heavy atom. The van der Waals surface area contributed by atoms with Crippen LogP contribution in [0.15, 0.2) is 36.9 Å². The third-order valence-corrected chi connectivity index (χ3v) is 1.87. The van der Waals surface area contributed by atoms with Crippen molar-refractivity contribution in [2.24, 2.45) is 5.92 Å². The molecule has 1 aromatic carbocycles. The third-order valence-electron chi connectivity index (χ3n) is 1.87. The van der Waals surface area contributed by atoms with E-state index in [4.69, 9.17) is 0 Å². The van der Waals surface area contributed by atoms with E-state index in [-0.39, 0.29) is 5.82 Å². The maximum absolute atomic E-state index is 12.5. The topological polar surface area (TPSA) is 0 Å². The van der Waals surface area contributed by atoms with Crippen LogP contribution in [0.4, 0.5) is 4.39 Å². The summed E-state index contributed by atoms with van der Waals surface area (Å²) in [4.78, 5) is 0. The van der Waals surface area contributed by atoms with Gasteiger partial charge in [0.1, 0.15) is 5.82 Å². The predicted molar refractivity (Wildman–Crippen MR) is 49.5 cm³/mol. The van der Waals surface area contributed by atoms with Gasteiger partial charge < -0.3 is 0 Å². The van der Waals surface area contributed by atoms with Gasteiger partial charge in [-0.05, 0) is 30.0 Å². The van der Waals surface area contributed by atoms with Crippen molar-refractivity contribution in [1.82, 2.24) is 0 Å². The fourth-order valence-electron chi connectivity index (χ4n) is 1.08. The van der Waals surface area contributed by atoms with Crippen LogP contribution in [0.2, 0.25) is 0 Å². The van der Waals surface area contributed by atoms with Gasteiger partial charge in [-0.25, -0.2) is 4.39 Å². The molecule has 0 aliphatic heterocycles. The number of hydrogen-bond donors (Lipinski definition) is 0. The Balaban J connectivity index is 2.64. The minimum absolute atomic E-state index is 0.176. The van der Waals surface area contributed by atoms with Crippen molar-refractivity contribution >= 4 is 0 Å². The SMILES string of the molecule is C=C[C@@H](C)Cc1ccc(F)cc1. The second kappa shape index (κ2) is 4.05. The summed E-state index contributed by atoms with van der Waals surface area (Å²) in [6, 6.07) is 6.61. The molecule has 0 bridgehead atoms. The van der Waals surface area contributed by atoms with Crippen molar-refractivity contribution in [3.63, 3.8) is 0 Å². The molecule has 0 nitrogen and oxygen atoms in total. The highest BCUT2D eigenvalue weighted by Crippen LogP contribution is 2.09. The first kappa shape index (κ1) is 8.98. The van der Waals surface area contributed by atoms with Crippen molar-refractivity contribution < 1.29 is 4.39 Å². The monoisotopic (exact) mass is 164 g/mol. The van der Waals surface area contributed by atoms with Gasteiger partial charge in [0.15, 0.2) is 0 Å². The molecule has 0 radical (unpaired) electrons. The molecule has 0 saturated carbocycles. The van der Waals surface area contributed by atoms with Crippen LogP contribution in [0.25, 0.3) is 0 Å². The van der Waals surface area contributed by atoms with Crippen LogP contribution in [-0.2, 0) is 6.42 Å². The van der Waals surface area contributed by atoms with E-state index in [9.17, 15) is 4.39 Å². The zero-order valence-electron chi connectivity index (χ0n) is 7.26. The Kier molecular flexibility index (Phi) is 3.03. The van der Waals surface area contributed by atoms with Crippen LogP contribution in [0, 0.1) is 11.7 Å². The zero-order valence-corrected chi connectivity index (χ0v) is 7.26. The van der Waals surface area contributed by atoms with E-state index < -0.39 is 0 Å². The van der Waals surface area contributed by atoms with Crippen LogP contribution in [-0.4, -0.2) is 0 Å². The third kappa shape index (κ3) is 2.50. The Morgan fingerprint density at radius 2 is 2.00 bits per heavy atom. The first-order valence-corrected chi connectivity index (χ1v) is 4.09. The molecule has 1 aromatic rings. The molecule has 0 N–H and O–H groups in total. The maximum Gasteiger partial charge on any atom is 0.123 e. The number of benzene rings is 1. The molecule has 0 unspecified atom stereocenters. The molecule has 0 saturated heterocycles. The first-order valence-electron chi connectivity index (χ1n) is 4.09. The van der Waals surface area contributed by atoms with Crippen LogP contribution >= 0.6 is 0 Å². The highest BCUT2D eigenvalue weighted by Gasteiger charge is 1.98. The average molecular weight is 164 g/mol. The van der Waals surface area contributed by atoms with Crippen LogP contribution in [0.5, 0.6) is 0 Å². The van der Waals surface area contributed by atoms with Gasteiger partial charge >= 0.3 is 0 Å². The second-order valence-corrected chi connectivity index (χ2v) is 3.04. The lowest BCUT2D eigenvalue weighted by molar-refractivity contribution is 0.625. The van der Waals surface area contributed by atoms with Crippen LogP contribution < -0.4 is 0 Å². The molecule has 0 spiro atoms. The van der Waals surface area contributed by atoms with Crippen molar-refractivity contribution in [1.29, 1.82) is 0 Å². The predicted octanol–water partition coefficient (Wildman–Crippen LogP) is 3.19. The highest BCUT2D eigenvalue weighted by molar-refractivity contribution is 5.17. The Labute approximate surface area is 72.7 Å². The highest BCUT2D eigenvalue weighted by atomic mass is 19.1. The van der Waals surface area contributed by atoms with Crippen molar-refractivity contribution in [2.45, 2.75) is 13.3 Å². The molecule has 0 fully saturated rings. The molecule has 1 rings (SSSR count). The van der Waals surface area contributed by atoms with Gasteiger partial charge in [0.25, 0.3) is 0 Å². The number of allylic oxidation sites excluding steroid dienone is 1. The quantitative estimate of drug-likeness (QED) is 0.602. The van der Waals surface area contributed by atoms with Crippen molar-refractivity contribution in [2.75, 3.05) is 0 Å². The molecule has 64 valence electrons. The summed E-state index contributed by atoms with van der Waals surface area (Å²) in [6.45, 7) is 5.79. The minimum atomic E-state index is -0.176. The van der Waals surface area contributed by atoms with E-state index in [0.717, 1.165) is 12.0 Å². The Morgan fingerprint density at radius 1 is 1.42 bits per heavy atom. The molecular weight excluding hydrogens is 151 g/mol. The lowest BCUT2D eigenvalue weighted by Gasteiger charge is -2.04. The smallest absolute Gasteiger partial charge is 0.123 e. The van der Waals surface area contributed by atoms with Crippen molar-refractivity contribution in [3.05, 3.63) is 48.3 Å². The largest absolute Gasteiger partial charge is 0.207 e. The van der Waals surface area contributed by atoms with Gasteiger partial charge in [-0.15, -0.1) is 6.58 Å². The summed E-state index contributed by atoms with van der Waals surface area (Å²) in [5, 5.41) is 0. The molecule has 1 heteroatoms. The minimum Gasteiger partial charge on any atom is -0.207 e. The van der Waals surface area contributed by atoms with Crippen molar-refractivity contribution in [3.8, 4) is 0 Å². The zero-order chi connectivity index (χ0) is 8.97. The lowest BCUT2D eigenvalue weighted by Crippen LogP contribution is -1.94. The Bertz CT molecular complexity index is 248. The Hall–Kier alpha value is -1.11. The fourth-order valence-corrected chi connectivity index (χ4v) is 1.08. The molecule has 1 atom stereocenters. The van der Waals surface area contributed by atoms with Gasteiger partial charge in [-0.3, -0.25) is 0 Å². The van der Waals surface area contributed by atoms with Gasteiger partial charge in [-0.1, -0.05) is 25.1 Å². The first-order chi connectivity index (χ1) is 5.72. The average Bonchev–Trinajstić information content (AvgIpc) is 2.09. The van der Waals surface area contributed by atoms with E-state index in [1.54, 1.807) is 0 Å². The summed E-state index contributed by atoms with van der Waals surface area (Å²) in [6.07, 6.45) is 2.84. The molecule has 0 aliphatic rings. The van der Waals surface area contributed by atoms with E-state index >= 15 is 0 Å². The van der Waals surface area contributed by atoms with E-state index in [0.29, 0.717) is 5.92 Å². The van der Waals surface area contributed by atoms with Gasteiger partial charge in [0.2, 0.25) is 0 Å².